The quantitative estimate of drug-likeness (QED) is 0.558. The third-order valence-corrected chi connectivity index (χ3v) is 4.62. The zero-order valence-corrected chi connectivity index (χ0v) is 11.8. The van der Waals surface area contributed by atoms with Crippen molar-refractivity contribution in [2.24, 2.45) is 0 Å². The summed E-state index contributed by atoms with van der Waals surface area (Å²) in [5.41, 5.74) is -4.12. The molecule has 0 spiro atoms. The summed E-state index contributed by atoms with van der Waals surface area (Å²) < 4.78 is 5.02. The van der Waals surface area contributed by atoms with Crippen LogP contribution >= 0.6 is 0 Å². The molecule has 4 saturated heterocycles. The number of hydroxylamine groups is 6. The van der Waals surface area contributed by atoms with E-state index in [1.807, 2.05) is 4.90 Å². The van der Waals surface area contributed by atoms with Gasteiger partial charge in [-0.25, -0.2) is 4.79 Å². The number of piperazine rings is 3. The van der Waals surface area contributed by atoms with E-state index in [0.717, 1.165) is 5.06 Å². The minimum absolute atomic E-state index is 0.109. The Morgan fingerprint density at radius 3 is 2.00 bits per heavy atom. The molecule has 9 nitrogen and oxygen atoms in total. The van der Waals surface area contributed by atoms with Crippen molar-refractivity contribution in [3.8, 4) is 0 Å². The molecule has 4 atom stereocenters. The molecule has 0 aromatic rings. The van der Waals surface area contributed by atoms with Crippen molar-refractivity contribution in [3.63, 3.8) is 0 Å². The van der Waals surface area contributed by atoms with Gasteiger partial charge in [-0.05, 0) is 20.8 Å². The molecule has 0 aromatic heterocycles. The SMILES string of the molecule is CCOC(=O)C12CN3C[C@@](C)(N1O)N(O)[C@](C)(C3)N2O. The van der Waals surface area contributed by atoms with Crippen LogP contribution in [0.3, 0.4) is 0 Å². The average molecular weight is 288 g/mol. The van der Waals surface area contributed by atoms with Gasteiger partial charge in [0.25, 0.3) is 0 Å². The van der Waals surface area contributed by atoms with Crippen LogP contribution in [-0.2, 0) is 9.53 Å². The molecule has 4 rings (SSSR count). The molecule has 0 aromatic carbocycles. The van der Waals surface area contributed by atoms with E-state index in [0.29, 0.717) is 23.2 Å². The molecule has 114 valence electrons. The lowest BCUT2D eigenvalue weighted by molar-refractivity contribution is -0.527. The zero-order chi connectivity index (χ0) is 14.9. The lowest BCUT2D eigenvalue weighted by Gasteiger charge is -2.72. The highest BCUT2D eigenvalue weighted by Gasteiger charge is 2.76. The summed E-state index contributed by atoms with van der Waals surface area (Å²) in [5.74, 6) is -0.736. The summed E-state index contributed by atoms with van der Waals surface area (Å²) in [7, 11) is 0. The van der Waals surface area contributed by atoms with E-state index < -0.39 is 23.0 Å². The van der Waals surface area contributed by atoms with Gasteiger partial charge in [-0.3, -0.25) is 4.90 Å². The summed E-state index contributed by atoms with van der Waals surface area (Å²) in [6, 6.07) is 0. The number of esters is 1. The first-order valence-electron chi connectivity index (χ1n) is 6.61. The molecule has 9 heteroatoms. The predicted octanol–water partition coefficient (Wildman–Crippen LogP) is -0.905. The van der Waals surface area contributed by atoms with E-state index in [1.165, 1.54) is 0 Å². The van der Waals surface area contributed by atoms with Crippen molar-refractivity contribution in [2.75, 3.05) is 26.2 Å². The smallest absolute Gasteiger partial charge is 0.347 e. The highest BCUT2D eigenvalue weighted by molar-refractivity contribution is 5.81. The fourth-order valence-electron chi connectivity index (χ4n) is 3.80. The third kappa shape index (κ3) is 1.29. The van der Waals surface area contributed by atoms with Gasteiger partial charge in [0.2, 0.25) is 5.66 Å². The van der Waals surface area contributed by atoms with E-state index in [-0.39, 0.29) is 13.2 Å². The molecule has 0 aliphatic carbocycles. The number of hydrogen-bond acceptors (Lipinski definition) is 9. The van der Waals surface area contributed by atoms with Gasteiger partial charge in [0.1, 0.15) is 11.3 Å². The molecule has 4 aliphatic heterocycles. The topological polar surface area (TPSA) is 100.0 Å². The zero-order valence-electron chi connectivity index (χ0n) is 11.8. The molecule has 4 bridgehead atoms. The second-order valence-electron chi connectivity index (χ2n) is 6.05. The number of hydrogen-bond donors (Lipinski definition) is 3. The highest BCUT2D eigenvalue weighted by Crippen LogP contribution is 2.50. The Balaban J connectivity index is 2.13. The fraction of sp³-hybridized carbons (Fsp3) is 0.909. The largest absolute Gasteiger partial charge is 0.463 e. The van der Waals surface area contributed by atoms with Crippen LogP contribution in [0.4, 0.5) is 0 Å². The summed E-state index contributed by atoms with van der Waals surface area (Å²) in [5, 5.41) is 33.7. The van der Waals surface area contributed by atoms with Crippen LogP contribution < -0.4 is 0 Å². The van der Waals surface area contributed by atoms with E-state index >= 15 is 0 Å². The molecule has 4 aliphatic rings. The Bertz CT molecular complexity index is 436. The average Bonchev–Trinajstić information content (AvgIpc) is 2.39. The van der Waals surface area contributed by atoms with Gasteiger partial charge in [-0.2, -0.15) is 0 Å². The molecule has 3 N–H and O–H groups in total. The van der Waals surface area contributed by atoms with Gasteiger partial charge in [-0.1, -0.05) is 0 Å². The number of carbonyl (C=O) groups excluding carboxylic acids is 1. The van der Waals surface area contributed by atoms with Gasteiger partial charge in [-0.15, -0.1) is 15.2 Å². The Hall–Kier alpha value is -0.810. The molecule has 20 heavy (non-hydrogen) atoms. The molecule has 0 radical (unpaired) electrons. The summed E-state index contributed by atoms with van der Waals surface area (Å²) in [6.45, 7) is 5.82. The Morgan fingerprint density at radius 2 is 1.55 bits per heavy atom. The van der Waals surface area contributed by atoms with Crippen LogP contribution in [-0.4, -0.2) is 84.9 Å². The van der Waals surface area contributed by atoms with Crippen molar-refractivity contribution in [2.45, 2.75) is 37.8 Å². The van der Waals surface area contributed by atoms with Gasteiger partial charge >= 0.3 is 5.97 Å². The summed E-state index contributed by atoms with van der Waals surface area (Å²) >= 11 is 0. The maximum Gasteiger partial charge on any atom is 0.347 e. The second-order valence-corrected chi connectivity index (χ2v) is 6.05. The van der Waals surface area contributed by atoms with Crippen LogP contribution in [0.1, 0.15) is 20.8 Å². The first-order chi connectivity index (χ1) is 9.23. The lowest BCUT2D eigenvalue weighted by atomic mass is 9.84. The number of rotatable bonds is 2. The van der Waals surface area contributed by atoms with Crippen molar-refractivity contribution in [3.05, 3.63) is 0 Å². The Morgan fingerprint density at radius 1 is 1.05 bits per heavy atom. The monoisotopic (exact) mass is 288 g/mol. The highest BCUT2D eigenvalue weighted by atomic mass is 16.6. The molecule has 4 heterocycles. The van der Waals surface area contributed by atoms with Crippen molar-refractivity contribution >= 4 is 5.97 Å². The standard InChI is InChI=1S/C11H20N4O5/c1-4-20-8(16)11-7-12-5-9(2,14(11)18)13(17)10(3,6-12)15(11)19/h17-19H,4-7H2,1-3H3/t9-,10+,11?. The number of ether oxygens (including phenoxy) is 1. The first-order valence-corrected chi connectivity index (χ1v) is 6.61. The minimum atomic E-state index is -1.73. The van der Waals surface area contributed by atoms with Gasteiger partial charge in [0.05, 0.1) is 6.61 Å². The van der Waals surface area contributed by atoms with Crippen molar-refractivity contribution in [1.29, 1.82) is 0 Å². The third-order valence-electron chi connectivity index (χ3n) is 4.62. The fourth-order valence-corrected chi connectivity index (χ4v) is 3.80. The molecule has 2 unspecified atom stereocenters. The van der Waals surface area contributed by atoms with E-state index in [4.69, 9.17) is 4.74 Å². The Kier molecular flexibility index (Phi) is 2.75. The second kappa shape index (κ2) is 3.89. The number of nitrogens with zero attached hydrogens (tertiary/aromatic N) is 4. The van der Waals surface area contributed by atoms with Crippen LogP contribution in [0.2, 0.25) is 0 Å². The van der Waals surface area contributed by atoms with Gasteiger partial charge in [0.15, 0.2) is 0 Å². The first kappa shape index (κ1) is 14.1. The molecule has 0 saturated carbocycles. The van der Waals surface area contributed by atoms with Crippen molar-refractivity contribution in [1.82, 2.24) is 20.1 Å². The Labute approximate surface area is 116 Å². The van der Waals surface area contributed by atoms with Gasteiger partial charge in [0, 0.05) is 19.6 Å². The van der Waals surface area contributed by atoms with E-state index in [1.54, 1.807) is 20.8 Å². The summed E-state index contributed by atoms with van der Waals surface area (Å²) in [6.07, 6.45) is 0. The minimum Gasteiger partial charge on any atom is -0.463 e. The van der Waals surface area contributed by atoms with Crippen molar-refractivity contribution < 1.29 is 25.2 Å². The summed E-state index contributed by atoms with van der Waals surface area (Å²) in [4.78, 5) is 14.3. The maximum atomic E-state index is 12.4. The molecular formula is C11H20N4O5. The molecule has 0 amide bonds. The van der Waals surface area contributed by atoms with E-state index in [9.17, 15) is 20.4 Å². The number of carbonyl (C=O) groups is 1. The predicted molar refractivity (Wildman–Crippen MR) is 63.5 cm³/mol. The lowest BCUT2D eigenvalue weighted by Crippen LogP contribution is -2.96. The molecule has 4 fully saturated rings. The maximum absolute atomic E-state index is 12.4. The van der Waals surface area contributed by atoms with Crippen LogP contribution in [0.25, 0.3) is 0 Å². The van der Waals surface area contributed by atoms with E-state index in [2.05, 4.69) is 0 Å². The van der Waals surface area contributed by atoms with Crippen LogP contribution in [0, 0.1) is 0 Å². The van der Waals surface area contributed by atoms with Crippen LogP contribution in [0.15, 0.2) is 0 Å². The van der Waals surface area contributed by atoms with Gasteiger partial charge < -0.3 is 20.4 Å². The normalized spacial score (nSPS) is 48.8. The molecular weight excluding hydrogens is 268 g/mol. The van der Waals surface area contributed by atoms with Crippen LogP contribution in [0.5, 0.6) is 0 Å².